The van der Waals surface area contributed by atoms with Gasteiger partial charge in [0.2, 0.25) is 0 Å². The lowest BCUT2D eigenvalue weighted by molar-refractivity contribution is 0.107. The molecule has 0 amide bonds. The molecule has 98 valence electrons. The summed E-state index contributed by atoms with van der Waals surface area (Å²) >= 11 is 11.6. The van der Waals surface area contributed by atoms with Crippen molar-refractivity contribution in [2.45, 2.75) is 13.0 Å². The molecule has 0 saturated heterocycles. The number of rotatable bonds is 6. The van der Waals surface area contributed by atoms with E-state index in [0.717, 1.165) is 0 Å². The number of ether oxygens (including phenoxy) is 1. The lowest BCUT2D eigenvalue weighted by Gasteiger charge is -2.12. The van der Waals surface area contributed by atoms with Gasteiger partial charge in [0, 0.05) is 12.6 Å². The highest BCUT2D eigenvalue weighted by Gasteiger charge is 2.05. The van der Waals surface area contributed by atoms with E-state index in [1.54, 1.807) is 25.1 Å². The van der Waals surface area contributed by atoms with Gasteiger partial charge in [0.15, 0.2) is 0 Å². The first kappa shape index (κ1) is 15.1. The molecule has 1 rings (SSSR count). The highest BCUT2D eigenvalue weighted by molar-refractivity contribution is 6.42. The van der Waals surface area contributed by atoms with E-state index in [0.29, 0.717) is 28.9 Å². The summed E-state index contributed by atoms with van der Waals surface area (Å²) in [6.45, 7) is 2.94. The van der Waals surface area contributed by atoms with Crippen molar-refractivity contribution in [3.05, 3.63) is 28.2 Å². The molecule has 0 radical (unpaired) electrons. The Kier molecular flexibility index (Phi) is 6.92. The Morgan fingerprint density at radius 2 is 2.17 bits per heavy atom. The predicted molar refractivity (Wildman–Crippen MR) is 74.3 cm³/mol. The summed E-state index contributed by atoms with van der Waals surface area (Å²) in [4.78, 5) is 0. The summed E-state index contributed by atoms with van der Waals surface area (Å²) < 4.78 is 5.39. The standard InChI is InChI=1S/C13H15Cl2NO2/c1-2-3-6-16-8-10(17)9-18-11-4-5-12(14)13(15)7-11/h4-5,7,10,16-17H,6,8-9H2,1H3. The van der Waals surface area contributed by atoms with Crippen molar-refractivity contribution in [3.8, 4) is 17.6 Å². The van der Waals surface area contributed by atoms with Gasteiger partial charge in [-0.25, -0.2) is 0 Å². The minimum absolute atomic E-state index is 0.185. The molecule has 1 aromatic rings. The van der Waals surface area contributed by atoms with E-state index in [9.17, 15) is 5.11 Å². The van der Waals surface area contributed by atoms with Gasteiger partial charge in [0.25, 0.3) is 0 Å². The zero-order valence-corrected chi connectivity index (χ0v) is 11.6. The van der Waals surface area contributed by atoms with E-state index < -0.39 is 6.10 Å². The number of aliphatic hydroxyl groups excluding tert-OH is 1. The van der Waals surface area contributed by atoms with Gasteiger partial charge in [-0.2, -0.15) is 0 Å². The monoisotopic (exact) mass is 287 g/mol. The van der Waals surface area contributed by atoms with Crippen LogP contribution in [0.4, 0.5) is 0 Å². The van der Waals surface area contributed by atoms with Crippen LogP contribution in [0.15, 0.2) is 18.2 Å². The van der Waals surface area contributed by atoms with E-state index in [1.807, 2.05) is 0 Å². The molecule has 5 heteroatoms. The molecule has 0 heterocycles. The number of hydrogen-bond acceptors (Lipinski definition) is 3. The molecule has 18 heavy (non-hydrogen) atoms. The highest BCUT2D eigenvalue weighted by atomic mass is 35.5. The van der Waals surface area contributed by atoms with Crippen LogP contribution in [0.3, 0.4) is 0 Å². The molecule has 1 atom stereocenters. The molecular formula is C13H15Cl2NO2. The van der Waals surface area contributed by atoms with Crippen molar-refractivity contribution < 1.29 is 9.84 Å². The van der Waals surface area contributed by atoms with Crippen LogP contribution in [0.5, 0.6) is 5.75 Å². The summed E-state index contributed by atoms with van der Waals surface area (Å²) in [5, 5.41) is 13.5. The Morgan fingerprint density at radius 3 is 2.83 bits per heavy atom. The van der Waals surface area contributed by atoms with Crippen molar-refractivity contribution in [2.75, 3.05) is 19.7 Å². The Morgan fingerprint density at radius 1 is 1.39 bits per heavy atom. The van der Waals surface area contributed by atoms with E-state index in [2.05, 4.69) is 17.2 Å². The largest absolute Gasteiger partial charge is 0.491 e. The molecular weight excluding hydrogens is 273 g/mol. The smallest absolute Gasteiger partial charge is 0.121 e. The highest BCUT2D eigenvalue weighted by Crippen LogP contribution is 2.26. The molecule has 0 bridgehead atoms. The molecule has 0 aliphatic rings. The van der Waals surface area contributed by atoms with E-state index in [4.69, 9.17) is 27.9 Å². The van der Waals surface area contributed by atoms with Crippen LogP contribution in [0.1, 0.15) is 6.92 Å². The van der Waals surface area contributed by atoms with Gasteiger partial charge in [-0.15, -0.1) is 5.92 Å². The summed E-state index contributed by atoms with van der Waals surface area (Å²) in [7, 11) is 0. The quantitative estimate of drug-likeness (QED) is 0.623. The van der Waals surface area contributed by atoms with Crippen molar-refractivity contribution in [1.82, 2.24) is 5.32 Å². The zero-order chi connectivity index (χ0) is 13.4. The average Bonchev–Trinajstić information content (AvgIpc) is 2.36. The fraction of sp³-hybridized carbons (Fsp3) is 0.385. The van der Waals surface area contributed by atoms with E-state index >= 15 is 0 Å². The maximum atomic E-state index is 9.64. The van der Waals surface area contributed by atoms with Gasteiger partial charge in [0.05, 0.1) is 16.6 Å². The summed E-state index contributed by atoms with van der Waals surface area (Å²) in [5.41, 5.74) is 0. The van der Waals surface area contributed by atoms with Crippen molar-refractivity contribution >= 4 is 23.2 Å². The van der Waals surface area contributed by atoms with Gasteiger partial charge in [-0.3, -0.25) is 0 Å². The molecule has 0 aliphatic heterocycles. The predicted octanol–water partition coefficient (Wildman–Crippen LogP) is 2.35. The summed E-state index contributed by atoms with van der Waals surface area (Å²) in [5.74, 6) is 6.18. The molecule has 1 unspecified atom stereocenters. The maximum absolute atomic E-state index is 9.64. The lowest BCUT2D eigenvalue weighted by Crippen LogP contribution is -2.31. The van der Waals surface area contributed by atoms with Crippen molar-refractivity contribution in [3.63, 3.8) is 0 Å². The van der Waals surface area contributed by atoms with Crippen LogP contribution in [0, 0.1) is 11.8 Å². The first-order valence-electron chi connectivity index (χ1n) is 5.49. The van der Waals surface area contributed by atoms with Gasteiger partial charge < -0.3 is 15.2 Å². The van der Waals surface area contributed by atoms with Gasteiger partial charge >= 0.3 is 0 Å². The van der Waals surface area contributed by atoms with Crippen LogP contribution in [-0.4, -0.2) is 30.9 Å². The van der Waals surface area contributed by atoms with E-state index in [-0.39, 0.29) is 6.61 Å². The summed E-state index contributed by atoms with van der Waals surface area (Å²) in [6.07, 6.45) is -0.599. The topological polar surface area (TPSA) is 41.5 Å². The van der Waals surface area contributed by atoms with Crippen molar-refractivity contribution in [1.29, 1.82) is 0 Å². The third kappa shape index (κ3) is 5.61. The normalized spacial score (nSPS) is 11.6. The molecule has 2 N–H and O–H groups in total. The van der Waals surface area contributed by atoms with Crippen LogP contribution in [0.2, 0.25) is 10.0 Å². The van der Waals surface area contributed by atoms with Crippen LogP contribution < -0.4 is 10.1 Å². The third-order valence-corrected chi connectivity index (χ3v) is 2.84. The lowest BCUT2D eigenvalue weighted by atomic mass is 10.3. The Balaban J connectivity index is 2.30. The van der Waals surface area contributed by atoms with Crippen LogP contribution in [0.25, 0.3) is 0 Å². The van der Waals surface area contributed by atoms with Gasteiger partial charge in [0.1, 0.15) is 18.5 Å². The molecule has 0 spiro atoms. The molecule has 1 aromatic carbocycles. The number of halogens is 2. The second kappa shape index (κ2) is 8.23. The molecule has 3 nitrogen and oxygen atoms in total. The number of hydrogen-bond donors (Lipinski definition) is 2. The summed E-state index contributed by atoms with van der Waals surface area (Å²) in [6, 6.07) is 4.98. The molecule has 0 saturated carbocycles. The number of nitrogens with one attached hydrogen (secondary N) is 1. The second-order valence-corrected chi connectivity index (χ2v) is 4.41. The fourth-order valence-electron chi connectivity index (χ4n) is 1.21. The Labute approximate surface area is 117 Å². The van der Waals surface area contributed by atoms with E-state index in [1.165, 1.54) is 0 Å². The molecule has 0 aromatic heterocycles. The second-order valence-electron chi connectivity index (χ2n) is 3.60. The average molecular weight is 288 g/mol. The van der Waals surface area contributed by atoms with Crippen LogP contribution in [-0.2, 0) is 0 Å². The zero-order valence-electron chi connectivity index (χ0n) is 10.0. The molecule has 0 fully saturated rings. The SMILES string of the molecule is CC#CCNCC(O)COc1ccc(Cl)c(Cl)c1. The fourth-order valence-corrected chi connectivity index (χ4v) is 1.50. The minimum atomic E-state index is -0.599. The van der Waals surface area contributed by atoms with Crippen molar-refractivity contribution in [2.24, 2.45) is 0 Å². The van der Waals surface area contributed by atoms with Gasteiger partial charge in [-0.1, -0.05) is 29.1 Å². The number of aliphatic hydroxyl groups is 1. The first-order chi connectivity index (χ1) is 8.63. The molecule has 0 aliphatic carbocycles. The third-order valence-electron chi connectivity index (χ3n) is 2.10. The number of benzene rings is 1. The minimum Gasteiger partial charge on any atom is -0.491 e. The Hall–Kier alpha value is -0.920. The van der Waals surface area contributed by atoms with Gasteiger partial charge in [-0.05, 0) is 19.1 Å². The first-order valence-corrected chi connectivity index (χ1v) is 6.25. The van der Waals surface area contributed by atoms with Crippen LogP contribution >= 0.6 is 23.2 Å². The maximum Gasteiger partial charge on any atom is 0.121 e. The Bertz CT molecular complexity index is 440.